The van der Waals surface area contributed by atoms with E-state index in [2.05, 4.69) is 31.8 Å². The van der Waals surface area contributed by atoms with Crippen LogP contribution in [0, 0.1) is 11.3 Å². The number of hydrogen-bond donors (Lipinski definition) is 2. The Labute approximate surface area is 207 Å². The van der Waals surface area contributed by atoms with Crippen molar-refractivity contribution in [3.63, 3.8) is 0 Å². The third-order valence-corrected chi connectivity index (χ3v) is 7.27. The Hall–Kier alpha value is -3.11. The van der Waals surface area contributed by atoms with Gasteiger partial charge in [0.15, 0.2) is 0 Å². The minimum atomic E-state index is -3.46. The Balaban J connectivity index is 1.57. The lowest BCUT2D eigenvalue weighted by molar-refractivity contribution is 0.186. The van der Waals surface area contributed by atoms with Gasteiger partial charge in [-0.2, -0.15) is 14.7 Å². The summed E-state index contributed by atoms with van der Waals surface area (Å²) in [4.78, 5) is 8.58. The summed E-state index contributed by atoms with van der Waals surface area (Å²) in [6.45, 7) is 0.639. The normalized spacial score (nSPS) is 18.8. The molecule has 2 aromatic heterocycles. The number of alkyl halides is 1. The van der Waals surface area contributed by atoms with Crippen LogP contribution in [0.5, 0.6) is 0 Å². The molecule has 0 radical (unpaired) electrons. The highest BCUT2D eigenvalue weighted by Gasteiger charge is 2.33. The summed E-state index contributed by atoms with van der Waals surface area (Å²) in [7, 11) is -1.61. The van der Waals surface area contributed by atoms with Crippen LogP contribution in [0.2, 0.25) is 5.02 Å². The Morgan fingerprint density at radius 1 is 1.34 bits per heavy atom. The molecular formula is C22H24ClFN8O2S. The molecule has 0 spiro atoms. The number of nitrogens with one attached hydrogen (secondary N) is 2. The molecule has 184 valence electrons. The van der Waals surface area contributed by atoms with E-state index >= 15 is 0 Å². The first kappa shape index (κ1) is 25.0. The lowest BCUT2D eigenvalue weighted by Gasteiger charge is -2.33. The minimum Gasteiger partial charge on any atom is -0.348 e. The van der Waals surface area contributed by atoms with Crippen molar-refractivity contribution in [1.82, 2.24) is 29.4 Å². The number of rotatable bonds is 7. The SMILES string of the molecule is CNCc1ccc(-n2cc(-c3nc(N[C@H]4CCN(S(C)(=O)=O)C[C@H]4F)ncc3C#N)cn2)c(Cl)c1. The molecule has 1 saturated heterocycles. The maximum atomic E-state index is 14.7. The van der Waals surface area contributed by atoms with Crippen LogP contribution in [0.1, 0.15) is 17.5 Å². The van der Waals surface area contributed by atoms with Crippen LogP contribution in [0.15, 0.2) is 36.8 Å². The Kier molecular flexibility index (Phi) is 7.32. The van der Waals surface area contributed by atoms with E-state index in [1.165, 1.54) is 6.20 Å². The molecule has 10 nitrogen and oxygen atoms in total. The maximum absolute atomic E-state index is 14.7. The number of piperidine rings is 1. The molecule has 2 N–H and O–H groups in total. The molecule has 35 heavy (non-hydrogen) atoms. The number of nitriles is 1. The van der Waals surface area contributed by atoms with Gasteiger partial charge in [0.25, 0.3) is 0 Å². The highest BCUT2D eigenvalue weighted by molar-refractivity contribution is 7.88. The van der Waals surface area contributed by atoms with Crippen LogP contribution >= 0.6 is 11.6 Å². The predicted octanol–water partition coefficient (Wildman–Crippen LogP) is 2.36. The monoisotopic (exact) mass is 518 g/mol. The Morgan fingerprint density at radius 2 is 2.14 bits per heavy atom. The van der Waals surface area contributed by atoms with Gasteiger partial charge in [-0.05, 0) is 31.2 Å². The first-order valence-electron chi connectivity index (χ1n) is 10.8. The summed E-state index contributed by atoms with van der Waals surface area (Å²) >= 11 is 6.45. The van der Waals surface area contributed by atoms with Gasteiger partial charge < -0.3 is 10.6 Å². The highest BCUT2D eigenvalue weighted by Crippen LogP contribution is 2.27. The van der Waals surface area contributed by atoms with Crippen molar-refractivity contribution in [2.24, 2.45) is 0 Å². The van der Waals surface area contributed by atoms with Crippen molar-refractivity contribution in [3.8, 4) is 23.0 Å². The van der Waals surface area contributed by atoms with Crippen LogP contribution in [-0.4, -0.2) is 71.1 Å². The van der Waals surface area contributed by atoms with E-state index in [0.717, 1.165) is 16.1 Å². The van der Waals surface area contributed by atoms with Crippen LogP contribution in [0.25, 0.3) is 16.9 Å². The van der Waals surface area contributed by atoms with Crippen LogP contribution in [0.3, 0.4) is 0 Å². The Morgan fingerprint density at radius 3 is 2.80 bits per heavy atom. The summed E-state index contributed by atoms with van der Waals surface area (Å²) in [6, 6.07) is 7.05. The average molecular weight is 519 g/mol. The summed E-state index contributed by atoms with van der Waals surface area (Å²) in [6.07, 6.45) is 4.51. The van der Waals surface area contributed by atoms with E-state index in [-0.39, 0.29) is 31.0 Å². The quantitative estimate of drug-likeness (QED) is 0.487. The molecule has 0 unspecified atom stereocenters. The van der Waals surface area contributed by atoms with E-state index in [0.29, 0.717) is 28.5 Å². The van der Waals surface area contributed by atoms with E-state index in [1.807, 2.05) is 25.2 Å². The zero-order valence-corrected chi connectivity index (χ0v) is 20.7. The van der Waals surface area contributed by atoms with Gasteiger partial charge in [-0.1, -0.05) is 17.7 Å². The second-order valence-electron chi connectivity index (χ2n) is 8.23. The lowest BCUT2D eigenvalue weighted by Crippen LogP contribution is -2.49. The number of nitrogens with zero attached hydrogens (tertiary/aromatic N) is 6. The fourth-order valence-corrected chi connectivity index (χ4v) is 5.03. The van der Waals surface area contributed by atoms with E-state index < -0.39 is 22.2 Å². The summed E-state index contributed by atoms with van der Waals surface area (Å²) in [5, 5.41) is 20.5. The van der Waals surface area contributed by atoms with Crippen molar-refractivity contribution in [2.45, 2.75) is 25.2 Å². The zero-order chi connectivity index (χ0) is 25.2. The van der Waals surface area contributed by atoms with E-state index in [4.69, 9.17) is 11.6 Å². The van der Waals surface area contributed by atoms with E-state index in [9.17, 15) is 18.1 Å². The first-order valence-corrected chi connectivity index (χ1v) is 13.0. The lowest BCUT2D eigenvalue weighted by atomic mass is 10.1. The molecule has 1 aromatic carbocycles. The summed E-state index contributed by atoms with van der Waals surface area (Å²) in [5.41, 5.74) is 2.82. The molecule has 0 bridgehead atoms. The molecule has 0 aliphatic carbocycles. The van der Waals surface area contributed by atoms with Crippen LogP contribution in [-0.2, 0) is 16.6 Å². The fourth-order valence-electron chi connectivity index (χ4n) is 3.89. The fraction of sp³-hybridized carbons (Fsp3) is 0.364. The number of aromatic nitrogens is 4. The Bertz CT molecular complexity index is 1370. The maximum Gasteiger partial charge on any atom is 0.223 e. The predicted molar refractivity (Wildman–Crippen MR) is 130 cm³/mol. The van der Waals surface area contributed by atoms with Crippen molar-refractivity contribution in [2.75, 3.05) is 31.7 Å². The third-order valence-electron chi connectivity index (χ3n) is 5.69. The second kappa shape index (κ2) is 10.2. The molecule has 1 aliphatic rings. The van der Waals surface area contributed by atoms with Gasteiger partial charge in [-0.3, -0.25) is 0 Å². The van der Waals surface area contributed by atoms with Crippen molar-refractivity contribution in [1.29, 1.82) is 5.26 Å². The summed E-state index contributed by atoms with van der Waals surface area (Å²) < 4.78 is 40.8. The molecule has 3 aromatic rings. The number of anilines is 1. The third kappa shape index (κ3) is 5.59. The number of hydrogen-bond acceptors (Lipinski definition) is 8. The molecular weight excluding hydrogens is 495 g/mol. The number of benzene rings is 1. The second-order valence-corrected chi connectivity index (χ2v) is 10.6. The standard InChI is InChI=1S/C22H24ClFN8O2S/c1-26-9-14-3-4-20(17(23)7-14)32-12-16(11-28-32)21-15(8-25)10-27-22(30-21)29-19-5-6-31(13-18(19)24)35(2,33)34/h3-4,7,10-12,18-19,26H,5-6,9,13H2,1-2H3,(H,27,29,30)/t18-,19+/m1/s1. The van der Waals surface area contributed by atoms with Gasteiger partial charge in [0, 0.05) is 31.4 Å². The van der Waals surface area contributed by atoms with Gasteiger partial charge in [0.2, 0.25) is 16.0 Å². The molecule has 2 atom stereocenters. The molecule has 0 amide bonds. The van der Waals surface area contributed by atoms with Crippen molar-refractivity contribution < 1.29 is 12.8 Å². The van der Waals surface area contributed by atoms with Crippen LogP contribution < -0.4 is 10.6 Å². The van der Waals surface area contributed by atoms with Crippen LogP contribution in [0.4, 0.5) is 10.3 Å². The zero-order valence-electron chi connectivity index (χ0n) is 19.1. The van der Waals surface area contributed by atoms with Gasteiger partial charge in [-0.25, -0.2) is 27.5 Å². The van der Waals surface area contributed by atoms with E-state index in [1.54, 1.807) is 17.1 Å². The largest absolute Gasteiger partial charge is 0.348 e. The molecule has 4 rings (SSSR count). The first-order chi connectivity index (χ1) is 16.7. The molecule has 13 heteroatoms. The molecule has 0 saturated carbocycles. The summed E-state index contributed by atoms with van der Waals surface area (Å²) in [5.74, 6) is 0.140. The molecule has 3 heterocycles. The van der Waals surface area contributed by atoms with Gasteiger partial charge in [-0.15, -0.1) is 0 Å². The van der Waals surface area contributed by atoms with Gasteiger partial charge in [0.1, 0.15) is 12.2 Å². The van der Waals surface area contributed by atoms with Crippen molar-refractivity contribution in [3.05, 3.63) is 52.9 Å². The van der Waals surface area contributed by atoms with Gasteiger partial charge in [0.05, 0.1) is 46.7 Å². The number of halogens is 2. The highest BCUT2D eigenvalue weighted by atomic mass is 35.5. The van der Waals surface area contributed by atoms with Crippen molar-refractivity contribution >= 4 is 27.6 Å². The van der Waals surface area contributed by atoms with Gasteiger partial charge >= 0.3 is 0 Å². The molecule has 1 aliphatic heterocycles. The molecule has 1 fully saturated rings. The number of sulfonamides is 1. The average Bonchev–Trinajstić information content (AvgIpc) is 3.30. The smallest absolute Gasteiger partial charge is 0.223 e. The minimum absolute atomic E-state index is 0.140. The topological polar surface area (TPSA) is 129 Å².